The highest BCUT2D eigenvalue weighted by Crippen LogP contribution is 2.31. The summed E-state index contributed by atoms with van der Waals surface area (Å²) in [4.78, 5) is 0. The average molecular weight is 266 g/mol. The Bertz CT molecular complexity index is 382. The van der Waals surface area contributed by atoms with Crippen molar-refractivity contribution in [2.24, 2.45) is 5.92 Å². The van der Waals surface area contributed by atoms with Crippen LogP contribution in [0.25, 0.3) is 0 Å². The van der Waals surface area contributed by atoms with Gasteiger partial charge in [-0.25, -0.2) is 4.39 Å². The van der Waals surface area contributed by atoms with Crippen molar-refractivity contribution in [3.05, 3.63) is 30.1 Å². The van der Waals surface area contributed by atoms with Crippen molar-refractivity contribution in [2.45, 2.75) is 50.9 Å². The Morgan fingerprint density at radius 2 is 1.78 bits per heavy atom. The Kier molecular flexibility index (Phi) is 4.23. The van der Waals surface area contributed by atoms with Gasteiger partial charge in [-0.1, -0.05) is 43.3 Å². The van der Waals surface area contributed by atoms with Crippen LogP contribution in [0.5, 0.6) is 0 Å². The van der Waals surface area contributed by atoms with Gasteiger partial charge in [0.2, 0.25) is 0 Å². The van der Waals surface area contributed by atoms with E-state index in [9.17, 15) is 9.50 Å². The molecule has 1 atom stereocenters. The molecule has 100 valence electrons. The molecule has 0 aromatic heterocycles. The molecule has 0 radical (unpaired) electrons. The number of halogens is 1. The first-order chi connectivity index (χ1) is 8.49. The quantitative estimate of drug-likeness (QED) is 0.829. The van der Waals surface area contributed by atoms with Gasteiger partial charge in [0, 0.05) is 0 Å². The predicted molar refractivity (Wildman–Crippen MR) is 76.3 cm³/mol. The Balaban J connectivity index is 2.03. The summed E-state index contributed by atoms with van der Waals surface area (Å²) >= 11 is 0. The summed E-state index contributed by atoms with van der Waals surface area (Å²) in [5, 5.41) is 11.6. The van der Waals surface area contributed by atoms with Crippen molar-refractivity contribution in [1.82, 2.24) is 0 Å². The van der Waals surface area contributed by atoms with Crippen LogP contribution in [0.3, 0.4) is 0 Å². The zero-order chi connectivity index (χ0) is 13.2. The van der Waals surface area contributed by atoms with E-state index < -0.39 is 8.07 Å². The van der Waals surface area contributed by atoms with E-state index in [0.29, 0.717) is 5.92 Å². The van der Waals surface area contributed by atoms with Gasteiger partial charge in [0.15, 0.2) is 0 Å². The van der Waals surface area contributed by atoms with Gasteiger partial charge in [0.05, 0.1) is 14.2 Å². The van der Waals surface area contributed by atoms with Crippen molar-refractivity contribution in [1.29, 1.82) is 0 Å². The number of hydrogen-bond acceptors (Lipinski definition) is 1. The lowest BCUT2D eigenvalue weighted by Gasteiger charge is -2.28. The maximum Gasteiger partial charge on any atom is 0.123 e. The van der Waals surface area contributed by atoms with Gasteiger partial charge in [-0.15, -0.1) is 0 Å². The summed E-state index contributed by atoms with van der Waals surface area (Å²) in [6.07, 6.45) is 4.71. The number of aliphatic hydroxyl groups excluding tert-OH is 1. The van der Waals surface area contributed by atoms with Crippen molar-refractivity contribution >= 4 is 13.3 Å². The van der Waals surface area contributed by atoms with E-state index in [4.69, 9.17) is 0 Å². The number of aliphatic hydroxyl groups is 1. The first-order valence-electron chi connectivity index (χ1n) is 6.93. The molecule has 0 unspecified atom stereocenters. The molecule has 0 amide bonds. The van der Waals surface area contributed by atoms with Crippen molar-refractivity contribution in [2.75, 3.05) is 0 Å². The molecule has 1 saturated carbocycles. The standard InChI is InChI=1S/C15H23FOSi/c1-18(2,14-9-7-13(16)8-10-14)11-15(17)12-5-3-4-6-12/h7-10,12,15,17H,3-6,11H2,1-2H3/t15-/m1/s1. The zero-order valence-corrected chi connectivity index (χ0v) is 12.3. The van der Waals surface area contributed by atoms with Crippen LogP contribution in [-0.2, 0) is 0 Å². The average Bonchev–Trinajstić information content (AvgIpc) is 2.82. The summed E-state index contributed by atoms with van der Waals surface area (Å²) in [6.45, 7) is 4.52. The molecule has 2 rings (SSSR count). The Hall–Kier alpha value is -0.673. The third-order valence-corrected chi connectivity index (χ3v) is 7.62. The predicted octanol–water partition coefficient (Wildman–Crippen LogP) is 3.29. The van der Waals surface area contributed by atoms with E-state index in [1.165, 1.54) is 43.0 Å². The molecule has 0 aliphatic heterocycles. The molecule has 3 heteroatoms. The SMILES string of the molecule is C[Si](C)(C[C@@H](O)C1CCCC1)c1ccc(F)cc1. The topological polar surface area (TPSA) is 20.2 Å². The number of rotatable bonds is 4. The summed E-state index contributed by atoms with van der Waals surface area (Å²) in [6, 6.07) is 7.74. The minimum Gasteiger partial charge on any atom is -0.393 e. The summed E-state index contributed by atoms with van der Waals surface area (Å²) in [5.74, 6) is 0.317. The van der Waals surface area contributed by atoms with E-state index >= 15 is 0 Å². The van der Waals surface area contributed by atoms with Gasteiger partial charge in [-0.05, 0) is 36.9 Å². The van der Waals surface area contributed by atoms with Crippen LogP contribution in [-0.4, -0.2) is 19.3 Å². The van der Waals surface area contributed by atoms with E-state index in [0.717, 1.165) is 6.04 Å². The fourth-order valence-corrected chi connectivity index (χ4v) is 5.73. The van der Waals surface area contributed by atoms with Crippen LogP contribution in [0.15, 0.2) is 24.3 Å². The summed E-state index contributed by atoms with van der Waals surface area (Å²) in [5.41, 5.74) is 0. The van der Waals surface area contributed by atoms with Crippen molar-refractivity contribution < 1.29 is 9.50 Å². The van der Waals surface area contributed by atoms with Crippen molar-refractivity contribution in [3.63, 3.8) is 0 Å². The van der Waals surface area contributed by atoms with E-state index in [-0.39, 0.29) is 11.9 Å². The fraction of sp³-hybridized carbons (Fsp3) is 0.600. The lowest BCUT2D eigenvalue weighted by Crippen LogP contribution is -2.45. The van der Waals surface area contributed by atoms with Crippen LogP contribution >= 0.6 is 0 Å². The first-order valence-corrected chi connectivity index (χ1v) is 10.1. The first kappa shape index (κ1) is 13.8. The number of benzene rings is 1. The monoisotopic (exact) mass is 266 g/mol. The minimum atomic E-state index is -1.65. The van der Waals surface area contributed by atoms with E-state index in [1.807, 2.05) is 12.1 Å². The van der Waals surface area contributed by atoms with E-state index in [1.54, 1.807) is 0 Å². The third kappa shape index (κ3) is 3.21. The van der Waals surface area contributed by atoms with Gasteiger partial charge in [-0.2, -0.15) is 0 Å². The molecule has 18 heavy (non-hydrogen) atoms. The number of hydrogen-bond donors (Lipinski definition) is 1. The molecule has 1 aromatic rings. The highest BCUT2D eigenvalue weighted by molar-refractivity contribution is 6.89. The summed E-state index contributed by atoms with van der Waals surface area (Å²) in [7, 11) is -1.65. The molecule has 1 aliphatic carbocycles. The Labute approximate surface area is 110 Å². The smallest absolute Gasteiger partial charge is 0.123 e. The maximum atomic E-state index is 12.9. The largest absolute Gasteiger partial charge is 0.393 e. The second-order valence-corrected chi connectivity index (χ2v) is 11.0. The van der Waals surface area contributed by atoms with Crippen LogP contribution in [0, 0.1) is 11.7 Å². The summed E-state index contributed by atoms with van der Waals surface area (Å²) < 4.78 is 12.9. The van der Waals surface area contributed by atoms with Crippen molar-refractivity contribution in [3.8, 4) is 0 Å². The third-order valence-electron chi connectivity index (χ3n) is 4.29. The molecule has 1 aliphatic rings. The molecule has 0 heterocycles. The molecular formula is C15H23FOSi. The maximum absolute atomic E-state index is 12.9. The molecule has 0 bridgehead atoms. The molecule has 0 saturated heterocycles. The lowest BCUT2D eigenvalue weighted by molar-refractivity contribution is 0.128. The highest BCUT2D eigenvalue weighted by atomic mass is 28.3. The molecule has 1 N–H and O–H groups in total. The molecule has 1 aromatic carbocycles. The van der Waals surface area contributed by atoms with Gasteiger partial charge in [-0.3, -0.25) is 0 Å². The highest BCUT2D eigenvalue weighted by Gasteiger charge is 2.31. The second kappa shape index (κ2) is 5.53. The lowest BCUT2D eigenvalue weighted by atomic mass is 10.0. The molecule has 1 fully saturated rings. The minimum absolute atomic E-state index is 0.167. The van der Waals surface area contributed by atoms with Gasteiger partial charge < -0.3 is 5.11 Å². The van der Waals surface area contributed by atoms with Gasteiger partial charge >= 0.3 is 0 Å². The van der Waals surface area contributed by atoms with Crippen LogP contribution in [0.4, 0.5) is 4.39 Å². The Morgan fingerprint density at radius 1 is 1.22 bits per heavy atom. The van der Waals surface area contributed by atoms with Crippen LogP contribution in [0.2, 0.25) is 19.1 Å². The van der Waals surface area contributed by atoms with Gasteiger partial charge in [0.25, 0.3) is 0 Å². The molecule has 1 nitrogen and oxygen atoms in total. The van der Waals surface area contributed by atoms with Gasteiger partial charge in [0.1, 0.15) is 5.82 Å². The molecule has 0 spiro atoms. The normalized spacial score (nSPS) is 19.1. The molecular weight excluding hydrogens is 243 g/mol. The second-order valence-electron chi connectivity index (χ2n) is 6.21. The Morgan fingerprint density at radius 3 is 2.33 bits per heavy atom. The zero-order valence-electron chi connectivity index (χ0n) is 11.3. The van der Waals surface area contributed by atoms with Crippen LogP contribution < -0.4 is 5.19 Å². The fourth-order valence-electron chi connectivity index (χ4n) is 3.05. The van der Waals surface area contributed by atoms with Crippen LogP contribution in [0.1, 0.15) is 25.7 Å². The van der Waals surface area contributed by atoms with E-state index in [2.05, 4.69) is 13.1 Å².